The number of nitrogens with zero attached hydrogens (tertiary/aromatic N) is 5. The smallest absolute Gasteiger partial charge is 0.142 e. The fourth-order valence-electron chi connectivity index (χ4n) is 3.56. The Hall–Kier alpha value is -2.67. The van der Waals surface area contributed by atoms with Crippen LogP contribution in [0.1, 0.15) is 25.1 Å². The Bertz CT molecular complexity index is 916. The molecule has 1 N–H and O–H groups in total. The van der Waals surface area contributed by atoms with Gasteiger partial charge in [0.25, 0.3) is 0 Å². The number of hydrogen-bond donors (Lipinski definition) is 1. The van der Waals surface area contributed by atoms with Gasteiger partial charge in [-0.3, -0.25) is 4.68 Å². The Morgan fingerprint density at radius 2 is 1.96 bits per heavy atom. The molecule has 4 rings (SSSR count). The molecule has 0 atom stereocenters. The van der Waals surface area contributed by atoms with Gasteiger partial charge in [0.2, 0.25) is 0 Å². The molecule has 3 heterocycles. The van der Waals surface area contributed by atoms with Gasteiger partial charge in [-0.1, -0.05) is 6.42 Å². The highest BCUT2D eigenvalue weighted by Crippen LogP contribution is 2.27. The molecule has 0 saturated carbocycles. The van der Waals surface area contributed by atoms with E-state index in [4.69, 9.17) is 4.74 Å². The summed E-state index contributed by atoms with van der Waals surface area (Å²) < 4.78 is 7.34. The van der Waals surface area contributed by atoms with Gasteiger partial charge in [0.1, 0.15) is 17.4 Å². The fraction of sp³-hybridized carbons (Fsp3) is 0.450. The quantitative estimate of drug-likeness (QED) is 0.721. The molecule has 1 aliphatic heterocycles. The Labute approximate surface area is 159 Å². The second-order valence-electron chi connectivity index (χ2n) is 7.02. The number of benzene rings is 1. The number of ether oxygens (including phenoxy) is 1. The number of hydrogen-bond acceptors (Lipinski definition) is 6. The van der Waals surface area contributed by atoms with Gasteiger partial charge in [-0.05, 0) is 51.1 Å². The van der Waals surface area contributed by atoms with Gasteiger partial charge in [0.15, 0.2) is 0 Å². The maximum atomic E-state index is 5.35. The predicted octanol–water partition coefficient (Wildman–Crippen LogP) is 3.37. The van der Waals surface area contributed by atoms with Gasteiger partial charge < -0.3 is 15.0 Å². The summed E-state index contributed by atoms with van der Waals surface area (Å²) in [6.07, 6.45) is 7.88. The zero-order valence-corrected chi connectivity index (χ0v) is 16.0. The van der Waals surface area contributed by atoms with Gasteiger partial charge >= 0.3 is 0 Å². The van der Waals surface area contributed by atoms with Gasteiger partial charge in [0.05, 0.1) is 31.1 Å². The molecule has 0 aliphatic carbocycles. The molecule has 142 valence electrons. The average Bonchev–Trinajstić information content (AvgIpc) is 3.14. The molecule has 1 saturated heterocycles. The van der Waals surface area contributed by atoms with Crippen LogP contribution < -0.4 is 10.1 Å². The predicted molar refractivity (Wildman–Crippen MR) is 107 cm³/mol. The third-order valence-corrected chi connectivity index (χ3v) is 5.00. The lowest BCUT2D eigenvalue weighted by molar-refractivity contribution is 0.218. The number of anilines is 2. The minimum atomic E-state index is 0.729. The van der Waals surface area contributed by atoms with Gasteiger partial charge in [-0.2, -0.15) is 5.10 Å². The third-order valence-electron chi connectivity index (χ3n) is 5.00. The van der Waals surface area contributed by atoms with Crippen LogP contribution in [0.25, 0.3) is 10.9 Å². The number of fused-ring (bicyclic) bond motifs is 1. The first kappa shape index (κ1) is 17.7. The summed E-state index contributed by atoms with van der Waals surface area (Å²) in [5, 5.41) is 8.82. The molecule has 0 amide bonds. The topological polar surface area (TPSA) is 68.1 Å². The molecule has 3 aromatic rings. The number of rotatable bonds is 6. The van der Waals surface area contributed by atoms with E-state index in [0.717, 1.165) is 47.1 Å². The minimum Gasteiger partial charge on any atom is -0.497 e. The van der Waals surface area contributed by atoms with Crippen molar-refractivity contribution in [1.29, 1.82) is 0 Å². The van der Waals surface area contributed by atoms with Crippen LogP contribution in [0.4, 0.5) is 11.5 Å². The summed E-state index contributed by atoms with van der Waals surface area (Å²) in [6.45, 7) is 6.27. The average molecular weight is 366 g/mol. The lowest BCUT2D eigenvalue weighted by Crippen LogP contribution is -2.32. The van der Waals surface area contributed by atoms with E-state index in [1.54, 1.807) is 7.11 Å². The van der Waals surface area contributed by atoms with Crippen molar-refractivity contribution in [3.63, 3.8) is 0 Å². The first-order chi connectivity index (χ1) is 13.2. The summed E-state index contributed by atoms with van der Waals surface area (Å²) in [6, 6.07) is 5.82. The molecule has 0 unspecified atom stereocenters. The summed E-state index contributed by atoms with van der Waals surface area (Å²) in [5.41, 5.74) is 1.82. The summed E-state index contributed by atoms with van der Waals surface area (Å²) in [4.78, 5) is 11.6. The zero-order valence-electron chi connectivity index (χ0n) is 16.0. The highest BCUT2D eigenvalue weighted by molar-refractivity contribution is 5.91. The molecule has 2 aromatic heterocycles. The first-order valence-electron chi connectivity index (χ1n) is 9.55. The van der Waals surface area contributed by atoms with Crippen molar-refractivity contribution >= 4 is 22.4 Å². The van der Waals surface area contributed by atoms with Gasteiger partial charge in [-0.15, -0.1) is 0 Å². The van der Waals surface area contributed by atoms with Crippen LogP contribution in [-0.4, -0.2) is 51.4 Å². The largest absolute Gasteiger partial charge is 0.497 e. The normalized spacial score (nSPS) is 15.2. The molecule has 7 heteroatoms. The molecular formula is C20H26N6O. The van der Waals surface area contributed by atoms with Crippen LogP contribution >= 0.6 is 0 Å². The zero-order chi connectivity index (χ0) is 18.6. The molecule has 27 heavy (non-hydrogen) atoms. The van der Waals surface area contributed by atoms with Crippen molar-refractivity contribution in [1.82, 2.24) is 24.6 Å². The van der Waals surface area contributed by atoms with Crippen molar-refractivity contribution in [2.75, 3.05) is 32.1 Å². The Morgan fingerprint density at radius 1 is 1.11 bits per heavy atom. The molecule has 7 nitrogen and oxygen atoms in total. The van der Waals surface area contributed by atoms with E-state index in [1.807, 2.05) is 42.2 Å². The Morgan fingerprint density at radius 3 is 2.78 bits per heavy atom. The van der Waals surface area contributed by atoms with Crippen molar-refractivity contribution in [3.8, 4) is 5.75 Å². The van der Waals surface area contributed by atoms with E-state index in [9.17, 15) is 0 Å². The van der Waals surface area contributed by atoms with Crippen molar-refractivity contribution < 1.29 is 4.74 Å². The van der Waals surface area contributed by atoms with E-state index in [-0.39, 0.29) is 0 Å². The van der Waals surface area contributed by atoms with Crippen LogP contribution in [0.3, 0.4) is 0 Å². The monoisotopic (exact) mass is 366 g/mol. The summed E-state index contributed by atoms with van der Waals surface area (Å²) in [5.74, 6) is 2.29. The van der Waals surface area contributed by atoms with Crippen LogP contribution in [0.15, 0.2) is 30.6 Å². The highest BCUT2D eigenvalue weighted by Gasteiger charge is 2.11. The number of piperidine rings is 1. The van der Waals surface area contributed by atoms with E-state index in [0.29, 0.717) is 0 Å². The molecule has 0 bridgehead atoms. The number of nitrogens with one attached hydrogen (secondary N) is 1. The van der Waals surface area contributed by atoms with Crippen molar-refractivity contribution in [3.05, 3.63) is 36.4 Å². The van der Waals surface area contributed by atoms with Gasteiger partial charge in [-0.25, -0.2) is 9.97 Å². The number of aryl methyl sites for hydroxylation is 1. The fourth-order valence-corrected chi connectivity index (χ4v) is 3.56. The lowest BCUT2D eigenvalue weighted by Gasteiger charge is -2.26. The number of likely N-dealkylation sites (tertiary alicyclic amines) is 1. The molecule has 1 aromatic carbocycles. The van der Waals surface area contributed by atoms with Crippen molar-refractivity contribution in [2.24, 2.45) is 0 Å². The van der Waals surface area contributed by atoms with Gasteiger partial charge in [0, 0.05) is 18.1 Å². The Balaban J connectivity index is 1.49. The van der Waals surface area contributed by atoms with Crippen LogP contribution in [0.2, 0.25) is 0 Å². The molecular weight excluding hydrogens is 340 g/mol. The lowest BCUT2D eigenvalue weighted by atomic mass is 10.1. The highest BCUT2D eigenvalue weighted by atomic mass is 16.5. The maximum Gasteiger partial charge on any atom is 0.142 e. The van der Waals surface area contributed by atoms with Crippen LogP contribution in [0, 0.1) is 6.92 Å². The SMILES string of the molecule is COc1ccc2nc(C)nc(Nc3cnn(CCN4CCCCC4)c3)c2c1. The van der Waals surface area contributed by atoms with Crippen LogP contribution in [-0.2, 0) is 6.54 Å². The van der Waals surface area contributed by atoms with E-state index < -0.39 is 0 Å². The molecule has 1 aliphatic rings. The van der Waals surface area contributed by atoms with E-state index >= 15 is 0 Å². The van der Waals surface area contributed by atoms with Crippen LogP contribution in [0.5, 0.6) is 5.75 Å². The minimum absolute atomic E-state index is 0.729. The number of methoxy groups -OCH3 is 1. The maximum absolute atomic E-state index is 5.35. The van der Waals surface area contributed by atoms with E-state index in [2.05, 4.69) is 25.3 Å². The summed E-state index contributed by atoms with van der Waals surface area (Å²) in [7, 11) is 1.66. The van der Waals surface area contributed by atoms with Crippen molar-refractivity contribution in [2.45, 2.75) is 32.7 Å². The van der Waals surface area contributed by atoms with E-state index in [1.165, 1.54) is 32.4 Å². The first-order valence-corrected chi connectivity index (χ1v) is 9.55. The molecule has 1 fully saturated rings. The number of aromatic nitrogens is 4. The molecule has 0 radical (unpaired) electrons. The molecule has 0 spiro atoms. The second-order valence-corrected chi connectivity index (χ2v) is 7.02. The summed E-state index contributed by atoms with van der Waals surface area (Å²) >= 11 is 0. The Kier molecular flexibility index (Phi) is 5.20. The third kappa shape index (κ3) is 4.19. The second kappa shape index (κ2) is 7.92. The standard InChI is InChI=1S/C20H26N6O/c1-15-22-19-7-6-17(27-2)12-18(19)20(23-15)24-16-13-21-26(14-16)11-10-25-8-4-3-5-9-25/h6-7,12-14H,3-5,8-11H2,1-2H3,(H,22,23,24).